The zero-order valence-corrected chi connectivity index (χ0v) is 9.82. The molecule has 92 valence electrons. The summed E-state index contributed by atoms with van der Waals surface area (Å²) in [6.45, 7) is 2.15. The molecule has 2 rings (SSSR count). The first-order valence-corrected chi connectivity index (χ1v) is 5.97. The predicted octanol–water partition coefficient (Wildman–Crippen LogP) is 1.31. The predicted molar refractivity (Wildman–Crippen MR) is 66.2 cm³/mol. The van der Waals surface area contributed by atoms with E-state index < -0.39 is 0 Å². The molecule has 3 N–H and O–H groups in total. The average Bonchev–Trinajstić information content (AvgIpc) is 2.39. The van der Waals surface area contributed by atoms with Crippen LogP contribution >= 0.6 is 0 Å². The van der Waals surface area contributed by atoms with E-state index >= 15 is 0 Å². The lowest BCUT2D eigenvalue weighted by Gasteiger charge is -2.20. The molecule has 1 aliphatic heterocycles. The van der Waals surface area contributed by atoms with Crippen LogP contribution in [0.4, 0.5) is 5.69 Å². The first-order chi connectivity index (χ1) is 8.25. The van der Waals surface area contributed by atoms with E-state index in [0.717, 1.165) is 37.2 Å². The molecule has 0 saturated carbocycles. The molecule has 17 heavy (non-hydrogen) atoms. The number of esters is 1. The summed E-state index contributed by atoms with van der Waals surface area (Å²) in [4.78, 5) is 11.8. The molecule has 0 amide bonds. The number of anilines is 1. The van der Waals surface area contributed by atoms with Crippen molar-refractivity contribution in [3.8, 4) is 0 Å². The van der Waals surface area contributed by atoms with Gasteiger partial charge in [0.05, 0.1) is 5.92 Å². The van der Waals surface area contributed by atoms with Crippen LogP contribution in [0.2, 0.25) is 0 Å². The van der Waals surface area contributed by atoms with E-state index in [-0.39, 0.29) is 11.9 Å². The van der Waals surface area contributed by atoms with E-state index in [1.807, 2.05) is 24.3 Å². The smallest absolute Gasteiger partial charge is 0.309 e. The molecule has 0 unspecified atom stereocenters. The second-order valence-corrected chi connectivity index (χ2v) is 4.37. The number of ether oxygens (including phenoxy) is 1. The Labute approximate surface area is 101 Å². The van der Waals surface area contributed by atoms with Crippen molar-refractivity contribution in [1.82, 2.24) is 5.32 Å². The topological polar surface area (TPSA) is 64.3 Å². The lowest BCUT2D eigenvalue weighted by atomic mass is 9.98. The second kappa shape index (κ2) is 5.68. The van der Waals surface area contributed by atoms with Gasteiger partial charge in [0.2, 0.25) is 0 Å². The van der Waals surface area contributed by atoms with Crippen molar-refractivity contribution < 1.29 is 9.53 Å². The number of nitrogens with two attached hydrogens (primary N) is 1. The Hall–Kier alpha value is -1.55. The fraction of sp³-hybridized carbons (Fsp3) is 0.462. The third kappa shape index (κ3) is 3.46. The minimum atomic E-state index is -0.0803. The Morgan fingerprint density at radius 1 is 1.29 bits per heavy atom. The van der Waals surface area contributed by atoms with Crippen LogP contribution in [0.25, 0.3) is 0 Å². The fourth-order valence-electron chi connectivity index (χ4n) is 1.94. The second-order valence-electron chi connectivity index (χ2n) is 4.37. The maximum absolute atomic E-state index is 11.8. The van der Waals surface area contributed by atoms with Crippen LogP contribution in [-0.2, 0) is 16.1 Å². The third-order valence-electron chi connectivity index (χ3n) is 3.03. The summed E-state index contributed by atoms with van der Waals surface area (Å²) >= 11 is 0. The summed E-state index contributed by atoms with van der Waals surface area (Å²) in [5.41, 5.74) is 7.28. The largest absolute Gasteiger partial charge is 0.461 e. The molecule has 0 spiro atoms. The highest BCUT2D eigenvalue weighted by molar-refractivity contribution is 5.72. The van der Waals surface area contributed by atoms with Crippen molar-refractivity contribution in [2.24, 2.45) is 5.92 Å². The molecule has 1 aliphatic rings. The summed E-state index contributed by atoms with van der Waals surface area (Å²) in [5, 5.41) is 3.23. The van der Waals surface area contributed by atoms with Gasteiger partial charge >= 0.3 is 5.97 Å². The van der Waals surface area contributed by atoms with Crippen molar-refractivity contribution in [3.05, 3.63) is 29.8 Å². The molecule has 1 aromatic rings. The summed E-state index contributed by atoms with van der Waals surface area (Å²) in [5.74, 6) is -0.0200. The average molecular weight is 234 g/mol. The normalized spacial score (nSPS) is 16.7. The molecule has 0 radical (unpaired) electrons. The number of piperidine rings is 1. The summed E-state index contributed by atoms with van der Waals surface area (Å²) in [7, 11) is 0. The van der Waals surface area contributed by atoms with Crippen LogP contribution in [0.15, 0.2) is 24.3 Å². The highest BCUT2D eigenvalue weighted by atomic mass is 16.5. The highest BCUT2D eigenvalue weighted by Crippen LogP contribution is 2.15. The number of carbonyl (C=O) groups is 1. The Balaban J connectivity index is 1.81. The number of rotatable bonds is 3. The molecule has 0 aromatic heterocycles. The maximum atomic E-state index is 11.8. The van der Waals surface area contributed by atoms with Crippen molar-refractivity contribution in [1.29, 1.82) is 0 Å². The lowest BCUT2D eigenvalue weighted by molar-refractivity contribution is -0.150. The van der Waals surface area contributed by atoms with Gasteiger partial charge in [-0.3, -0.25) is 4.79 Å². The van der Waals surface area contributed by atoms with E-state index in [2.05, 4.69) is 5.32 Å². The van der Waals surface area contributed by atoms with Crippen LogP contribution in [0.1, 0.15) is 18.4 Å². The van der Waals surface area contributed by atoms with Gasteiger partial charge in [-0.2, -0.15) is 0 Å². The fourth-order valence-corrected chi connectivity index (χ4v) is 1.94. The molecule has 4 heteroatoms. The number of benzene rings is 1. The Kier molecular flexibility index (Phi) is 3.98. The van der Waals surface area contributed by atoms with Gasteiger partial charge in [0.25, 0.3) is 0 Å². The van der Waals surface area contributed by atoms with Crippen LogP contribution in [-0.4, -0.2) is 19.1 Å². The van der Waals surface area contributed by atoms with E-state index in [1.165, 1.54) is 0 Å². The van der Waals surface area contributed by atoms with Crippen LogP contribution in [0.3, 0.4) is 0 Å². The lowest BCUT2D eigenvalue weighted by Crippen LogP contribution is -2.32. The molecular formula is C13H18N2O2. The van der Waals surface area contributed by atoms with Gasteiger partial charge in [-0.05, 0) is 43.6 Å². The molecule has 1 saturated heterocycles. The summed E-state index contributed by atoms with van der Waals surface area (Å²) < 4.78 is 5.30. The van der Waals surface area contributed by atoms with Gasteiger partial charge < -0.3 is 15.8 Å². The molecule has 1 fully saturated rings. The Bertz CT molecular complexity index is 370. The zero-order chi connectivity index (χ0) is 12.1. The van der Waals surface area contributed by atoms with Crippen molar-refractivity contribution in [2.75, 3.05) is 18.8 Å². The van der Waals surface area contributed by atoms with Gasteiger partial charge in [-0.25, -0.2) is 0 Å². The van der Waals surface area contributed by atoms with Gasteiger partial charge in [0, 0.05) is 5.69 Å². The molecule has 0 atom stereocenters. The van der Waals surface area contributed by atoms with Gasteiger partial charge in [-0.15, -0.1) is 0 Å². The number of hydrogen-bond acceptors (Lipinski definition) is 4. The molecule has 4 nitrogen and oxygen atoms in total. The summed E-state index contributed by atoms with van der Waals surface area (Å²) in [6, 6.07) is 7.39. The van der Waals surface area contributed by atoms with E-state index in [9.17, 15) is 4.79 Å². The standard InChI is InChI=1S/C13H18N2O2/c14-12-3-1-10(2-4-12)9-17-13(16)11-5-7-15-8-6-11/h1-4,11,15H,5-9,14H2. The van der Waals surface area contributed by atoms with Crippen molar-refractivity contribution in [2.45, 2.75) is 19.4 Å². The first kappa shape index (κ1) is 11.9. The van der Waals surface area contributed by atoms with Gasteiger partial charge in [-0.1, -0.05) is 12.1 Å². The maximum Gasteiger partial charge on any atom is 0.309 e. The van der Waals surface area contributed by atoms with Gasteiger partial charge in [0.1, 0.15) is 6.61 Å². The van der Waals surface area contributed by atoms with Crippen molar-refractivity contribution in [3.63, 3.8) is 0 Å². The first-order valence-electron chi connectivity index (χ1n) is 5.97. The van der Waals surface area contributed by atoms with Crippen LogP contribution in [0, 0.1) is 5.92 Å². The molecule has 0 bridgehead atoms. The number of hydrogen-bond donors (Lipinski definition) is 2. The quantitative estimate of drug-likeness (QED) is 0.611. The summed E-state index contributed by atoms with van der Waals surface area (Å²) in [6.07, 6.45) is 1.75. The number of nitrogens with one attached hydrogen (secondary N) is 1. The van der Waals surface area contributed by atoms with Gasteiger partial charge in [0.15, 0.2) is 0 Å². The van der Waals surface area contributed by atoms with E-state index in [1.54, 1.807) is 0 Å². The molecule has 0 aliphatic carbocycles. The zero-order valence-electron chi connectivity index (χ0n) is 9.82. The molecular weight excluding hydrogens is 216 g/mol. The third-order valence-corrected chi connectivity index (χ3v) is 3.03. The van der Waals surface area contributed by atoms with E-state index in [0.29, 0.717) is 6.61 Å². The van der Waals surface area contributed by atoms with Crippen LogP contribution < -0.4 is 11.1 Å². The monoisotopic (exact) mass is 234 g/mol. The highest BCUT2D eigenvalue weighted by Gasteiger charge is 2.22. The van der Waals surface area contributed by atoms with Crippen molar-refractivity contribution >= 4 is 11.7 Å². The van der Waals surface area contributed by atoms with Crippen LogP contribution in [0.5, 0.6) is 0 Å². The minimum Gasteiger partial charge on any atom is -0.461 e. The van der Waals surface area contributed by atoms with E-state index in [4.69, 9.17) is 10.5 Å². The number of nitrogen functional groups attached to an aromatic ring is 1. The molecule has 1 heterocycles. The Morgan fingerprint density at radius 2 is 1.94 bits per heavy atom. The SMILES string of the molecule is Nc1ccc(COC(=O)C2CCNCC2)cc1. The minimum absolute atomic E-state index is 0.0602. The Morgan fingerprint density at radius 3 is 2.59 bits per heavy atom. The number of carbonyl (C=O) groups excluding carboxylic acids is 1. The molecule has 1 aromatic carbocycles.